The highest BCUT2D eigenvalue weighted by atomic mass is 16.6. The number of benzene rings is 1. The van der Waals surface area contributed by atoms with Crippen LogP contribution in [0.4, 0.5) is 0 Å². The van der Waals surface area contributed by atoms with E-state index in [-0.39, 0.29) is 5.97 Å². The second-order valence-corrected chi connectivity index (χ2v) is 6.67. The maximum Gasteiger partial charge on any atom is 0.317 e. The van der Waals surface area contributed by atoms with E-state index in [9.17, 15) is 4.79 Å². The lowest BCUT2D eigenvalue weighted by molar-refractivity contribution is -0.158. The zero-order valence-corrected chi connectivity index (χ0v) is 14.1. The molecule has 1 saturated carbocycles. The third-order valence-corrected chi connectivity index (χ3v) is 3.60. The van der Waals surface area contributed by atoms with E-state index in [0.717, 1.165) is 18.4 Å². The summed E-state index contributed by atoms with van der Waals surface area (Å²) in [4.78, 5) is 16.3. The molecule has 0 radical (unpaired) electrons. The van der Waals surface area contributed by atoms with Gasteiger partial charge in [0.05, 0.1) is 11.6 Å². The zero-order chi connectivity index (χ0) is 17.1. The van der Waals surface area contributed by atoms with Crippen LogP contribution in [0.1, 0.15) is 39.2 Å². The molecule has 23 heavy (non-hydrogen) atoms. The molecule has 0 amide bonds. The van der Waals surface area contributed by atoms with Gasteiger partial charge in [-0.3, -0.25) is 9.79 Å². The topological polar surface area (TPSA) is 73.9 Å². The van der Waals surface area contributed by atoms with Gasteiger partial charge in [-0.15, -0.1) is 0 Å². The number of carbonyl (C=O) groups is 1. The van der Waals surface area contributed by atoms with Crippen molar-refractivity contribution in [1.29, 1.82) is 0 Å². The lowest BCUT2D eigenvalue weighted by Gasteiger charge is -2.24. The lowest BCUT2D eigenvalue weighted by Crippen LogP contribution is -2.31. The van der Waals surface area contributed by atoms with Crippen LogP contribution in [0.15, 0.2) is 41.2 Å². The van der Waals surface area contributed by atoms with E-state index in [4.69, 9.17) is 15.2 Å². The standard InChI is InChI=1S/C18H24N2O3/c1-17(2,3)23-16(21)18(9-10-18)13-5-7-14(8-6-13)22-15(11-19)12-20-4/h5-8,11-12H,9-10,19H2,1-4H3/b15-11+,20-12?. The molecular weight excluding hydrogens is 292 g/mol. The predicted molar refractivity (Wildman–Crippen MR) is 90.5 cm³/mol. The lowest BCUT2D eigenvalue weighted by atomic mass is 9.95. The Bertz CT molecular complexity index is 621. The summed E-state index contributed by atoms with van der Waals surface area (Å²) in [5.74, 6) is 0.957. The van der Waals surface area contributed by atoms with Crippen LogP contribution in [0.3, 0.4) is 0 Å². The molecule has 2 rings (SSSR count). The van der Waals surface area contributed by atoms with Crippen LogP contribution in [-0.4, -0.2) is 24.8 Å². The van der Waals surface area contributed by atoms with Crippen LogP contribution in [0.5, 0.6) is 5.75 Å². The summed E-state index contributed by atoms with van der Waals surface area (Å²) in [7, 11) is 1.65. The molecule has 1 aromatic rings. The number of hydrogen-bond donors (Lipinski definition) is 1. The fourth-order valence-corrected chi connectivity index (χ4v) is 2.32. The largest absolute Gasteiger partial charge is 0.459 e. The fourth-order valence-electron chi connectivity index (χ4n) is 2.32. The van der Waals surface area contributed by atoms with Crippen molar-refractivity contribution in [2.75, 3.05) is 7.05 Å². The van der Waals surface area contributed by atoms with E-state index >= 15 is 0 Å². The summed E-state index contributed by atoms with van der Waals surface area (Å²) in [5.41, 5.74) is 5.46. The number of esters is 1. The van der Waals surface area contributed by atoms with Crippen LogP contribution >= 0.6 is 0 Å². The van der Waals surface area contributed by atoms with Gasteiger partial charge in [-0.05, 0) is 51.3 Å². The van der Waals surface area contributed by atoms with Gasteiger partial charge in [0.1, 0.15) is 11.4 Å². The maximum absolute atomic E-state index is 12.4. The molecule has 0 aliphatic heterocycles. The Kier molecular flexibility index (Phi) is 4.78. The SMILES string of the molecule is CN=C/C(=C\N)Oc1ccc(C2(C(=O)OC(C)(C)C)CC2)cc1. The van der Waals surface area contributed by atoms with Gasteiger partial charge >= 0.3 is 5.97 Å². The van der Waals surface area contributed by atoms with E-state index in [1.807, 2.05) is 45.0 Å². The zero-order valence-electron chi connectivity index (χ0n) is 14.1. The van der Waals surface area contributed by atoms with E-state index in [0.29, 0.717) is 11.5 Å². The van der Waals surface area contributed by atoms with Crippen molar-refractivity contribution < 1.29 is 14.3 Å². The quantitative estimate of drug-likeness (QED) is 0.515. The summed E-state index contributed by atoms with van der Waals surface area (Å²) in [6, 6.07) is 7.46. The molecule has 0 aromatic heterocycles. The third kappa shape index (κ3) is 4.12. The number of ether oxygens (including phenoxy) is 2. The Balaban J connectivity index is 2.12. The Labute approximate surface area is 137 Å². The Morgan fingerprint density at radius 2 is 1.87 bits per heavy atom. The molecule has 0 saturated heterocycles. The van der Waals surface area contributed by atoms with E-state index in [2.05, 4.69) is 4.99 Å². The molecule has 2 N–H and O–H groups in total. The average Bonchev–Trinajstić information content (AvgIpc) is 3.27. The van der Waals surface area contributed by atoms with E-state index in [1.165, 1.54) is 12.4 Å². The van der Waals surface area contributed by atoms with Gasteiger partial charge in [0.2, 0.25) is 0 Å². The second-order valence-electron chi connectivity index (χ2n) is 6.67. The number of aliphatic imine (C=N–C) groups is 1. The molecule has 1 aliphatic rings. The van der Waals surface area contributed by atoms with Crippen molar-refractivity contribution in [3.63, 3.8) is 0 Å². The molecular formula is C18H24N2O3. The van der Waals surface area contributed by atoms with Crippen molar-refractivity contribution in [1.82, 2.24) is 0 Å². The molecule has 1 aliphatic carbocycles. The monoisotopic (exact) mass is 316 g/mol. The van der Waals surface area contributed by atoms with Crippen molar-refractivity contribution in [3.8, 4) is 5.75 Å². The first-order valence-electron chi connectivity index (χ1n) is 7.67. The van der Waals surface area contributed by atoms with Crippen molar-refractivity contribution in [3.05, 3.63) is 41.8 Å². The van der Waals surface area contributed by atoms with E-state index in [1.54, 1.807) is 7.05 Å². The smallest absolute Gasteiger partial charge is 0.317 e. The van der Waals surface area contributed by atoms with Crippen molar-refractivity contribution in [2.45, 2.75) is 44.6 Å². The Hall–Kier alpha value is -2.30. The molecule has 0 atom stereocenters. The molecule has 124 valence electrons. The van der Waals surface area contributed by atoms with Crippen molar-refractivity contribution in [2.24, 2.45) is 10.7 Å². The number of rotatable bonds is 5. The van der Waals surface area contributed by atoms with Gasteiger partial charge < -0.3 is 15.2 Å². The first kappa shape index (κ1) is 17.1. The summed E-state index contributed by atoms with van der Waals surface area (Å²) < 4.78 is 11.2. The number of carbonyl (C=O) groups excluding carboxylic acids is 1. The Morgan fingerprint density at radius 1 is 1.26 bits per heavy atom. The minimum Gasteiger partial charge on any atom is -0.459 e. The molecule has 1 fully saturated rings. The van der Waals surface area contributed by atoms with E-state index < -0.39 is 11.0 Å². The molecule has 0 unspecified atom stereocenters. The highest BCUT2D eigenvalue weighted by Crippen LogP contribution is 2.50. The first-order valence-corrected chi connectivity index (χ1v) is 7.67. The van der Waals surface area contributed by atoms with Gasteiger partial charge in [-0.2, -0.15) is 0 Å². The highest BCUT2D eigenvalue weighted by Gasteiger charge is 2.53. The van der Waals surface area contributed by atoms with Gasteiger partial charge in [0.15, 0.2) is 5.76 Å². The van der Waals surface area contributed by atoms with Crippen molar-refractivity contribution >= 4 is 12.2 Å². The number of nitrogens with two attached hydrogens (primary N) is 1. The maximum atomic E-state index is 12.4. The van der Waals surface area contributed by atoms with Crippen LogP contribution < -0.4 is 10.5 Å². The molecule has 1 aromatic carbocycles. The van der Waals surface area contributed by atoms with Crippen LogP contribution in [-0.2, 0) is 14.9 Å². The third-order valence-electron chi connectivity index (χ3n) is 3.60. The molecule has 0 spiro atoms. The van der Waals surface area contributed by atoms with Crippen LogP contribution in [0.25, 0.3) is 0 Å². The fraction of sp³-hybridized carbons (Fsp3) is 0.444. The van der Waals surface area contributed by atoms with Gasteiger partial charge in [-0.25, -0.2) is 0 Å². The van der Waals surface area contributed by atoms with Gasteiger partial charge in [0, 0.05) is 13.2 Å². The van der Waals surface area contributed by atoms with Gasteiger partial charge in [-0.1, -0.05) is 12.1 Å². The predicted octanol–water partition coefficient (Wildman–Crippen LogP) is 2.94. The summed E-state index contributed by atoms with van der Waals surface area (Å²) in [6.45, 7) is 5.65. The highest BCUT2D eigenvalue weighted by molar-refractivity contribution is 5.87. The number of hydrogen-bond acceptors (Lipinski definition) is 5. The molecule has 5 heteroatoms. The molecule has 5 nitrogen and oxygen atoms in total. The Morgan fingerprint density at radius 3 is 2.30 bits per heavy atom. The summed E-state index contributed by atoms with van der Waals surface area (Å²) in [5, 5.41) is 0. The normalized spacial score (nSPS) is 17.1. The summed E-state index contributed by atoms with van der Waals surface area (Å²) in [6.07, 6.45) is 4.53. The molecule has 0 heterocycles. The second kappa shape index (κ2) is 6.44. The average molecular weight is 316 g/mol. The van der Waals surface area contributed by atoms with Crippen LogP contribution in [0.2, 0.25) is 0 Å². The minimum atomic E-state index is -0.497. The van der Waals surface area contributed by atoms with Crippen LogP contribution in [0, 0.1) is 0 Å². The number of allylic oxidation sites excluding steroid dienone is 1. The number of nitrogens with zero attached hydrogens (tertiary/aromatic N) is 1. The summed E-state index contributed by atoms with van der Waals surface area (Å²) >= 11 is 0. The molecule has 0 bridgehead atoms. The first-order chi connectivity index (χ1) is 10.8. The van der Waals surface area contributed by atoms with Gasteiger partial charge in [0.25, 0.3) is 0 Å². The minimum absolute atomic E-state index is 0.153.